The summed E-state index contributed by atoms with van der Waals surface area (Å²) < 4.78 is 24.7. The molecule has 1 aliphatic heterocycles. The fraction of sp³-hybridized carbons (Fsp3) is 0.519. The van der Waals surface area contributed by atoms with E-state index in [1.54, 1.807) is 18.2 Å². The van der Waals surface area contributed by atoms with Crippen molar-refractivity contribution in [3.8, 4) is 5.88 Å². The number of hydrogen-bond acceptors (Lipinski definition) is 6. The van der Waals surface area contributed by atoms with Crippen LogP contribution in [-0.4, -0.2) is 54.4 Å². The lowest BCUT2D eigenvalue weighted by Gasteiger charge is -2.62. The molecule has 1 aromatic heterocycles. The van der Waals surface area contributed by atoms with E-state index in [4.69, 9.17) is 9.47 Å². The number of aromatic nitrogens is 1. The summed E-state index contributed by atoms with van der Waals surface area (Å²) in [6.07, 6.45) is 4.74. The van der Waals surface area contributed by atoms with E-state index in [1.807, 2.05) is 12.1 Å². The second-order valence-corrected chi connectivity index (χ2v) is 10.9. The number of ether oxygens (including phenoxy) is 2. The molecular weight excluding hydrogens is 463 g/mol. The van der Waals surface area contributed by atoms with Gasteiger partial charge in [-0.25, -0.2) is 9.18 Å². The first kappa shape index (κ1) is 23.2. The van der Waals surface area contributed by atoms with Crippen molar-refractivity contribution in [2.45, 2.75) is 49.6 Å². The first-order valence-electron chi connectivity index (χ1n) is 12.8. The van der Waals surface area contributed by atoms with Crippen LogP contribution in [-0.2, 0) is 4.74 Å². The number of nitrogens with one attached hydrogen (secondary N) is 2. The molecular formula is C27H31FN4O4. The average molecular weight is 495 g/mol. The van der Waals surface area contributed by atoms with Crippen molar-refractivity contribution in [2.24, 2.45) is 11.8 Å². The number of carbonyl (C=O) groups is 2. The van der Waals surface area contributed by atoms with Crippen molar-refractivity contribution < 1.29 is 23.5 Å². The lowest BCUT2D eigenvalue weighted by molar-refractivity contribution is -0.0449. The first-order chi connectivity index (χ1) is 17.4. The van der Waals surface area contributed by atoms with E-state index in [2.05, 4.69) is 20.5 Å². The Kier molecular flexibility index (Phi) is 5.82. The van der Waals surface area contributed by atoms with Gasteiger partial charge >= 0.3 is 6.09 Å². The summed E-state index contributed by atoms with van der Waals surface area (Å²) in [6, 6.07) is 11.2. The Morgan fingerprint density at radius 1 is 1.00 bits per heavy atom. The Morgan fingerprint density at radius 3 is 2.42 bits per heavy atom. The number of halogens is 1. The molecule has 1 saturated heterocycles. The highest BCUT2D eigenvalue weighted by molar-refractivity contribution is 5.94. The van der Waals surface area contributed by atoms with Gasteiger partial charge in [0.2, 0.25) is 5.88 Å². The number of pyridine rings is 1. The molecule has 8 nitrogen and oxygen atoms in total. The van der Waals surface area contributed by atoms with Crippen LogP contribution in [0.5, 0.6) is 5.88 Å². The van der Waals surface area contributed by atoms with Gasteiger partial charge in [-0.1, -0.05) is 12.1 Å². The molecule has 2 aromatic rings. The third-order valence-electron chi connectivity index (χ3n) is 8.14. The number of carbonyl (C=O) groups excluding carboxylic acids is 2. The van der Waals surface area contributed by atoms with Crippen molar-refractivity contribution in [1.29, 1.82) is 0 Å². The molecule has 190 valence electrons. The number of nitrogens with zero attached hydrogens (tertiary/aromatic N) is 2. The Morgan fingerprint density at radius 2 is 1.69 bits per heavy atom. The smallest absolute Gasteiger partial charge is 0.391 e. The molecule has 0 spiro atoms. The second-order valence-electron chi connectivity index (χ2n) is 10.9. The standard InChI is InChI=1S/C27H31FN4O4/c28-21-4-1-3-20(12-21)24(33)30-26-13-18-11-19(14-26)16-27(15-18,17-26)31-25(34)36-23-6-2-5-22(29-23)32-7-9-35-10-8-32/h1-6,12,18-19H,7-11,13-17H2,(H,30,33)(H,31,34). The molecule has 0 radical (unpaired) electrons. The van der Waals surface area contributed by atoms with Crippen molar-refractivity contribution in [2.75, 3.05) is 31.2 Å². The molecule has 2 amide bonds. The number of hydrogen-bond donors (Lipinski definition) is 2. The zero-order valence-electron chi connectivity index (χ0n) is 20.2. The molecule has 36 heavy (non-hydrogen) atoms. The molecule has 2 atom stereocenters. The maximum absolute atomic E-state index is 13.7. The highest BCUT2D eigenvalue weighted by Gasteiger charge is 2.59. The van der Waals surface area contributed by atoms with Gasteiger partial charge in [-0.3, -0.25) is 4.79 Å². The topological polar surface area (TPSA) is 92.8 Å². The molecule has 1 aromatic carbocycles. The summed E-state index contributed by atoms with van der Waals surface area (Å²) in [5.74, 6) is 1.16. The van der Waals surface area contributed by atoms with E-state index in [0.29, 0.717) is 37.0 Å². The fourth-order valence-corrected chi connectivity index (χ4v) is 7.26. The van der Waals surface area contributed by atoms with Crippen LogP contribution in [0.15, 0.2) is 42.5 Å². The number of amides is 2. The largest absolute Gasteiger partial charge is 0.414 e. The predicted molar refractivity (Wildman–Crippen MR) is 130 cm³/mol. The number of morpholine rings is 1. The van der Waals surface area contributed by atoms with Gasteiger partial charge in [0.05, 0.1) is 13.2 Å². The van der Waals surface area contributed by atoms with Crippen LogP contribution in [0.25, 0.3) is 0 Å². The van der Waals surface area contributed by atoms with Crippen LogP contribution in [0.4, 0.5) is 15.0 Å². The summed E-state index contributed by atoms with van der Waals surface area (Å²) >= 11 is 0. The van der Waals surface area contributed by atoms with E-state index in [-0.39, 0.29) is 11.8 Å². The van der Waals surface area contributed by atoms with Gasteiger partial charge in [-0.05, 0) is 74.6 Å². The van der Waals surface area contributed by atoms with Crippen molar-refractivity contribution >= 4 is 17.8 Å². The van der Waals surface area contributed by atoms with Gasteiger partial charge in [-0.15, -0.1) is 0 Å². The number of benzene rings is 1. The molecule has 2 heterocycles. The lowest BCUT2D eigenvalue weighted by atomic mass is 9.50. The maximum Gasteiger partial charge on any atom is 0.414 e. The Labute approximate surface area is 209 Å². The Hall–Kier alpha value is -3.20. The summed E-state index contributed by atoms with van der Waals surface area (Å²) in [7, 11) is 0. The van der Waals surface area contributed by atoms with Crippen molar-refractivity contribution in [3.05, 3.63) is 53.8 Å². The predicted octanol–water partition coefficient (Wildman–Crippen LogP) is 3.67. The average Bonchev–Trinajstić information content (AvgIpc) is 2.83. The summed E-state index contributed by atoms with van der Waals surface area (Å²) in [6.45, 7) is 2.79. The third-order valence-corrected chi connectivity index (χ3v) is 8.14. The van der Waals surface area contributed by atoms with E-state index >= 15 is 0 Å². The summed E-state index contributed by atoms with van der Waals surface area (Å²) in [5, 5.41) is 6.41. The second kappa shape index (κ2) is 9.03. The lowest BCUT2D eigenvalue weighted by Crippen LogP contribution is -2.70. The van der Waals surface area contributed by atoms with Crippen LogP contribution >= 0.6 is 0 Å². The van der Waals surface area contributed by atoms with Gasteiger partial charge in [-0.2, -0.15) is 4.98 Å². The van der Waals surface area contributed by atoms with Crippen LogP contribution in [0.2, 0.25) is 0 Å². The highest BCUT2D eigenvalue weighted by Crippen LogP contribution is 2.57. The van der Waals surface area contributed by atoms with E-state index in [9.17, 15) is 14.0 Å². The monoisotopic (exact) mass is 494 g/mol. The summed E-state index contributed by atoms with van der Waals surface area (Å²) in [4.78, 5) is 32.7. The van der Waals surface area contributed by atoms with Gasteiger partial charge < -0.3 is 25.0 Å². The molecule has 7 rings (SSSR count). The molecule has 2 N–H and O–H groups in total. The quantitative estimate of drug-likeness (QED) is 0.659. The SMILES string of the molecule is O=C(NC12CC3CC(C1)CC(NC(=O)c1cccc(F)c1)(C3)C2)Oc1cccc(N2CCOCC2)n1. The normalized spacial score (nSPS) is 30.6. The van der Waals surface area contributed by atoms with Gasteiger partial charge in [0.15, 0.2) is 0 Å². The molecule has 2 unspecified atom stereocenters. The zero-order chi connectivity index (χ0) is 24.8. The first-order valence-corrected chi connectivity index (χ1v) is 12.8. The van der Waals surface area contributed by atoms with Crippen LogP contribution in [0.1, 0.15) is 48.9 Å². The minimum absolute atomic E-state index is 0.260. The molecule has 4 aliphatic carbocycles. The van der Waals surface area contributed by atoms with E-state index in [0.717, 1.165) is 51.0 Å². The molecule has 4 saturated carbocycles. The fourth-order valence-electron chi connectivity index (χ4n) is 7.26. The minimum atomic E-state index is -0.518. The van der Waals surface area contributed by atoms with Crippen LogP contribution in [0, 0.1) is 17.7 Å². The molecule has 4 bridgehead atoms. The maximum atomic E-state index is 13.7. The van der Waals surface area contributed by atoms with E-state index < -0.39 is 23.0 Å². The molecule has 5 aliphatic rings. The van der Waals surface area contributed by atoms with E-state index in [1.165, 1.54) is 12.1 Å². The molecule has 5 fully saturated rings. The minimum Gasteiger partial charge on any atom is -0.391 e. The molecule has 9 heteroatoms. The third kappa shape index (κ3) is 4.64. The van der Waals surface area contributed by atoms with Gasteiger partial charge in [0.1, 0.15) is 11.6 Å². The van der Waals surface area contributed by atoms with Crippen molar-refractivity contribution in [3.63, 3.8) is 0 Å². The van der Waals surface area contributed by atoms with Gasteiger partial charge in [0, 0.05) is 35.8 Å². The number of rotatable bonds is 5. The van der Waals surface area contributed by atoms with Crippen LogP contribution in [0.3, 0.4) is 0 Å². The Bertz CT molecular complexity index is 1150. The number of anilines is 1. The van der Waals surface area contributed by atoms with Crippen LogP contribution < -0.4 is 20.3 Å². The van der Waals surface area contributed by atoms with Crippen molar-refractivity contribution in [1.82, 2.24) is 15.6 Å². The Balaban J connectivity index is 1.15. The zero-order valence-corrected chi connectivity index (χ0v) is 20.2. The highest BCUT2D eigenvalue weighted by atomic mass is 19.1. The summed E-state index contributed by atoms with van der Waals surface area (Å²) in [5.41, 5.74) is -0.522. The van der Waals surface area contributed by atoms with Gasteiger partial charge in [0.25, 0.3) is 5.91 Å².